The van der Waals surface area contributed by atoms with Gasteiger partial charge in [-0.1, -0.05) is 12.1 Å². The lowest BCUT2D eigenvalue weighted by Gasteiger charge is -2.34. The van der Waals surface area contributed by atoms with Gasteiger partial charge in [0.15, 0.2) is 0 Å². The van der Waals surface area contributed by atoms with Gasteiger partial charge in [-0.3, -0.25) is 4.79 Å². The summed E-state index contributed by atoms with van der Waals surface area (Å²) in [5.41, 5.74) is 3.26. The highest BCUT2D eigenvalue weighted by Crippen LogP contribution is 2.34. The fourth-order valence-electron chi connectivity index (χ4n) is 4.23. The quantitative estimate of drug-likeness (QED) is 0.285. The number of carbonyl (C=O) groups excluding carboxylic acids is 1. The number of piperidine rings is 1. The zero-order chi connectivity index (χ0) is 25.4. The van der Waals surface area contributed by atoms with Gasteiger partial charge in [0.05, 0.1) is 30.0 Å². The third-order valence-electron chi connectivity index (χ3n) is 5.99. The second-order valence-corrected chi connectivity index (χ2v) is 9.07. The average molecular weight is 484 g/mol. The van der Waals surface area contributed by atoms with Crippen molar-refractivity contribution in [3.05, 3.63) is 35.9 Å². The van der Waals surface area contributed by atoms with Crippen molar-refractivity contribution < 1.29 is 19.4 Å². The van der Waals surface area contributed by atoms with Crippen molar-refractivity contribution in [1.82, 2.24) is 10.3 Å². The first kappa shape index (κ1) is 26.4. The predicted octanol–water partition coefficient (Wildman–Crippen LogP) is 2.92. The molecule has 0 aliphatic carbocycles. The molecule has 1 aromatic carbocycles. The molecule has 2 aromatic rings. The van der Waals surface area contributed by atoms with Crippen LogP contribution in [-0.2, 0) is 9.53 Å². The van der Waals surface area contributed by atoms with E-state index in [1.165, 1.54) is 13.3 Å². The van der Waals surface area contributed by atoms with E-state index in [1.807, 2.05) is 44.2 Å². The summed E-state index contributed by atoms with van der Waals surface area (Å²) in [5, 5.41) is 24.4. The lowest BCUT2D eigenvalue weighted by Crippen LogP contribution is -2.37. The number of aliphatic hydroxyl groups is 1. The number of rotatable bonds is 11. The Kier molecular flexibility index (Phi) is 9.45. The van der Waals surface area contributed by atoms with Crippen molar-refractivity contribution in [3.8, 4) is 17.0 Å². The molecule has 2 heterocycles. The summed E-state index contributed by atoms with van der Waals surface area (Å²) in [6.45, 7) is 6.09. The number of hydrogen-bond donors (Lipinski definition) is 4. The Morgan fingerprint density at radius 3 is 2.69 bits per heavy atom. The summed E-state index contributed by atoms with van der Waals surface area (Å²) < 4.78 is 10.7. The van der Waals surface area contributed by atoms with Gasteiger partial charge in [0.25, 0.3) is 0 Å². The van der Waals surface area contributed by atoms with Crippen molar-refractivity contribution in [2.45, 2.75) is 38.8 Å². The zero-order valence-electron chi connectivity index (χ0n) is 21.0. The van der Waals surface area contributed by atoms with Gasteiger partial charge >= 0.3 is 5.97 Å². The van der Waals surface area contributed by atoms with E-state index in [0.29, 0.717) is 44.0 Å². The number of esters is 1. The number of nitrogens with zero attached hydrogens (tertiary/aromatic N) is 2. The summed E-state index contributed by atoms with van der Waals surface area (Å²) in [6.07, 6.45) is 2.14. The van der Waals surface area contributed by atoms with Gasteiger partial charge in [-0.25, -0.2) is 4.98 Å². The molecule has 35 heavy (non-hydrogen) atoms. The molecule has 1 aliphatic heterocycles. The van der Waals surface area contributed by atoms with E-state index < -0.39 is 6.10 Å². The second-order valence-electron chi connectivity index (χ2n) is 9.07. The molecular weight excluding hydrogens is 446 g/mol. The minimum atomic E-state index is -0.602. The molecule has 1 fully saturated rings. The summed E-state index contributed by atoms with van der Waals surface area (Å²) >= 11 is 0. The molecule has 1 atom stereocenters. The Bertz CT molecular complexity index is 1010. The van der Waals surface area contributed by atoms with E-state index in [-0.39, 0.29) is 24.5 Å². The highest BCUT2D eigenvalue weighted by atomic mass is 16.5. The van der Waals surface area contributed by atoms with Crippen molar-refractivity contribution in [2.24, 2.45) is 5.92 Å². The molecule has 9 nitrogen and oxygen atoms in total. The van der Waals surface area contributed by atoms with Crippen LogP contribution < -0.4 is 20.3 Å². The first-order valence-electron chi connectivity index (χ1n) is 12.1. The Morgan fingerprint density at radius 1 is 1.31 bits per heavy atom. The lowest BCUT2D eigenvalue weighted by molar-refractivity contribution is -0.146. The van der Waals surface area contributed by atoms with Crippen LogP contribution in [-0.4, -0.2) is 74.8 Å². The van der Waals surface area contributed by atoms with Crippen molar-refractivity contribution in [3.63, 3.8) is 0 Å². The normalized spacial score (nSPS) is 15.1. The predicted molar refractivity (Wildman–Crippen MR) is 139 cm³/mol. The van der Waals surface area contributed by atoms with Crippen LogP contribution in [0.3, 0.4) is 0 Å². The molecule has 0 spiro atoms. The number of likely N-dealkylation sites (N-methyl/N-ethyl adjacent to an activating group) is 1. The molecule has 0 amide bonds. The van der Waals surface area contributed by atoms with E-state index in [4.69, 9.17) is 19.9 Å². The summed E-state index contributed by atoms with van der Waals surface area (Å²) in [6, 6.07) is 9.77. The fraction of sp³-hybridized carbons (Fsp3) is 0.500. The van der Waals surface area contributed by atoms with E-state index in [1.54, 1.807) is 7.05 Å². The highest BCUT2D eigenvalue weighted by molar-refractivity contribution is 5.94. The molecule has 3 rings (SSSR count). The molecule has 1 aromatic heterocycles. The number of ether oxygens (including phenoxy) is 2. The van der Waals surface area contributed by atoms with Crippen LogP contribution in [0, 0.1) is 11.3 Å². The molecular formula is C26H37N5O4. The van der Waals surface area contributed by atoms with E-state index in [2.05, 4.69) is 15.5 Å². The lowest BCUT2D eigenvalue weighted by atomic mass is 9.96. The van der Waals surface area contributed by atoms with E-state index in [0.717, 1.165) is 22.5 Å². The van der Waals surface area contributed by atoms with Crippen LogP contribution in [0.4, 0.5) is 11.5 Å². The minimum absolute atomic E-state index is 0.0960. The summed E-state index contributed by atoms with van der Waals surface area (Å²) in [7, 11) is 3.21. The standard InChI is InChI=1S/C26H37N5O4/c1-17(2)29-25-22(14-27)24(31-10-8-18(9-11-31)26(33)34-4)13-23(30-25)19-6-5-7-21(12-19)35-16-20(32)15-28-3/h5-7,12-14,17-18,20,27-28,32H,8-11,15-16H2,1-4H3,(H,29,30). The Balaban J connectivity index is 1.93. The number of pyridine rings is 1. The number of anilines is 2. The SMILES string of the molecule is CNCC(O)COc1cccc(-c2cc(N3CCC(C(=O)OC)CC3)c(C=N)c(NC(C)C)n2)c1. The zero-order valence-corrected chi connectivity index (χ0v) is 21.0. The number of aromatic nitrogens is 1. The summed E-state index contributed by atoms with van der Waals surface area (Å²) in [5.74, 6) is 1.04. The van der Waals surface area contributed by atoms with Crippen molar-refractivity contribution in [1.29, 1.82) is 5.41 Å². The number of nitrogens with one attached hydrogen (secondary N) is 3. The van der Waals surface area contributed by atoms with Crippen LogP contribution in [0.15, 0.2) is 30.3 Å². The Morgan fingerprint density at radius 2 is 2.06 bits per heavy atom. The van der Waals surface area contributed by atoms with Crippen LogP contribution >= 0.6 is 0 Å². The third-order valence-corrected chi connectivity index (χ3v) is 5.99. The monoisotopic (exact) mass is 483 g/mol. The van der Waals surface area contributed by atoms with Crippen LogP contribution in [0.1, 0.15) is 32.3 Å². The van der Waals surface area contributed by atoms with E-state index >= 15 is 0 Å². The minimum Gasteiger partial charge on any atom is -0.491 e. The largest absolute Gasteiger partial charge is 0.491 e. The highest BCUT2D eigenvalue weighted by Gasteiger charge is 2.28. The number of carbonyl (C=O) groups is 1. The van der Waals surface area contributed by atoms with Crippen LogP contribution in [0.5, 0.6) is 5.75 Å². The number of methoxy groups -OCH3 is 1. The van der Waals surface area contributed by atoms with Gasteiger partial charge in [0.2, 0.25) is 0 Å². The molecule has 9 heteroatoms. The molecule has 1 aliphatic rings. The first-order chi connectivity index (χ1) is 16.9. The molecule has 0 bridgehead atoms. The number of benzene rings is 1. The van der Waals surface area contributed by atoms with E-state index in [9.17, 15) is 9.90 Å². The van der Waals surface area contributed by atoms with Crippen LogP contribution in [0.2, 0.25) is 0 Å². The topological polar surface area (TPSA) is 120 Å². The first-order valence-corrected chi connectivity index (χ1v) is 12.1. The molecule has 1 saturated heterocycles. The van der Waals surface area contributed by atoms with Crippen molar-refractivity contribution in [2.75, 3.05) is 50.6 Å². The van der Waals surface area contributed by atoms with Gasteiger partial charge in [0, 0.05) is 37.5 Å². The van der Waals surface area contributed by atoms with Gasteiger partial charge in [-0.05, 0) is 51.9 Å². The number of aliphatic hydroxyl groups excluding tert-OH is 1. The molecule has 4 N–H and O–H groups in total. The summed E-state index contributed by atoms with van der Waals surface area (Å²) in [4.78, 5) is 19.1. The second kappa shape index (κ2) is 12.5. The van der Waals surface area contributed by atoms with Gasteiger partial charge in [-0.15, -0.1) is 0 Å². The fourth-order valence-corrected chi connectivity index (χ4v) is 4.23. The maximum atomic E-state index is 12.0. The third kappa shape index (κ3) is 6.93. The molecule has 0 saturated carbocycles. The maximum absolute atomic E-state index is 12.0. The Hall–Kier alpha value is -3.17. The average Bonchev–Trinajstić information content (AvgIpc) is 2.86. The Labute approximate surface area is 207 Å². The molecule has 0 radical (unpaired) electrons. The number of hydrogen-bond acceptors (Lipinski definition) is 9. The molecule has 190 valence electrons. The van der Waals surface area contributed by atoms with Gasteiger partial charge in [-0.2, -0.15) is 0 Å². The van der Waals surface area contributed by atoms with Crippen molar-refractivity contribution >= 4 is 23.7 Å². The van der Waals surface area contributed by atoms with Gasteiger partial charge in [0.1, 0.15) is 24.3 Å². The van der Waals surface area contributed by atoms with Crippen LogP contribution in [0.25, 0.3) is 11.3 Å². The smallest absolute Gasteiger partial charge is 0.308 e. The van der Waals surface area contributed by atoms with Gasteiger partial charge < -0.3 is 35.5 Å². The maximum Gasteiger partial charge on any atom is 0.308 e. The molecule has 1 unspecified atom stereocenters.